The van der Waals surface area contributed by atoms with Crippen molar-refractivity contribution in [1.82, 2.24) is 19.9 Å². The predicted octanol–water partition coefficient (Wildman–Crippen LogP) is 6.65. The van der Waals surface area contributed by atoms with Crippen LogP contribution < -0.4 is 14.4 Å². The maximum Gasteiger partial charge on any atom is 0.410 e. The molecule has 2 saturated heterocycles. The molecule has 12 nitrogen and oxygen atoms in total. The van der Waals surface area contributed by atoms with E-state index in [1.807, 2.05) is 33.8 Å². The Balaban J connectivity index is 1.30. The lowest BCUT2D eigenvalue weighted by Crippen LogP contribution is -2.47. The summed E-state index contributed by atoms with van der Waals surface area (Å²) in [6, 6.07) is 11.5. The number of nitrogens with zero attached hydrogens (tertiary/aromatic N) is 5. The lowest BCUT2D eigenvalue weighted by molar-refractivity contribution is 0.0206. The summed E-state index contributed by atoms with van der Waals surface area (Å²) >= 11 is 0. The Morgan fingerprint density at radius 2 is 1.86 bits per heavy atom. The van der Waals surface area contributed by atoms with Crippen molar-refractivity contribution >= 4 is 38.5 Å². The first kappa shape index (κ1) is 34.3. The van der Waals surface area contributed by atoms with Crippen LogP contribution in [0.25, 0.3) is 22.0 Å². The lowest BCUT2D eigenvalue weighted by Gasteiger charge is -2.34. The van der Waals surface area contributed by atoms with E-state index in [9.17, 15) is 13.2 Å². The first-order valence-corrected chi connectivity index (χ1v) is 18.2. The van der Waals surface area contributed by atoms with Crippen molar-refractivity contribution in [1.29, 1.82) is 0 Å². The number of carbonyl (C=O) groups is 1. The van der Waals surface area contributed by atoms with E-state index < -0.39 is 27.7 Å². The Hall–Kier alpha value is -4.56. The molecule has 4 heterocycles. The van der Waals surface area contributed by atoms with Gasteiger partial charge in [0.25, 0.3) is 0 Å². The number of benzene rings is 2. The number of aromatic nitrogens is 3. The maximum absolute atomic E-state index is 15.6. The van der Waals surface area contributed by atoms with E-state index in [0.717, 1.165) is 29.0 Å². The van der Waals surface area contributed by atoms with Gasteiger partial charge in [-0.1, -0.05) is 12.1 Å². The Morgan fingerprint density at radius 3 is 2.59 bits per heavy atom. The molecule has 2 aliphatic rings. The van der Waals surface area contributed by atoms with E-state index in [0.29, 0.717) is 66.3 Å². The predicted molar refractivity (Wildman–Crippen MR) is 185 cm³/mol. The molecule has 260 valence electrons. The van der Waals surface area contributed by atoms with E-state index in [4.69, 9.17) is 19.2 Å². The van der Waals surface area contributed by atoms with Gasteiger partial charge in [0.05, 0.1) is 23.2 Å². The largest absolute Gasteiger partial charge is 0.444 e. The van der Waals surface area contributed by atoms with Gasteiger partial charge < -0.3 is 24.4 Å². The molecule has 14 heteroatoms. The van der Waals surface area contributed by atoms with E-state index in [2.05, 4.69) is 15.3 Å². The molecular weight excluding hydrogens is 651 g/mol. The van der Waals surface area contributed by atoms with Gasteiger partial charge in [-0.25, -0.2) is 36.9 Å². The van der Waals surface area contributed by atoms with Gasteiger partial charge in [0, 0.05) is 48.9 Å². The normalized spacial score (nSPS) is 18.4. The van der Waals surface area contributed by atoms with Crippen LogP contribution in [0.1, 0.15) is 52.0 Å². The van der Waals surface area contributed by atoms with Crippen molar-refractivity contribution in [3.8, 4) is 22.9 Å². The van der Waals surface area contributed by atoms with Gasteiger partial charge in [0.1, 0.15) is 23.4 Å². The van der Waals surface area contributed by atoms with Crippen LogP contribution in [0.15, 0.2) is 54.9 Å². The van der Waals surface area contributed by atoms with Crippen LogP contribution in [-0.4, -0.2) is 78.2 Å². The van der Waals surface area contributed by atoms with Gasteiger partial charge in [0.15, 0.2) is 0 Å². The van der Waals surface area contributed by atoms with Crippen LogP contribution in [0.3, 0.4) is 0 Å². The minimum atomic E-state index is -3.90. The summed E-state index contributed by atoms with van der Waals surface area (Å²) in [7, 11) is -3.90. The molecule has 1 unspecified atom stereocenters. The molecule has 2 aromatic carbocycles. The third-order valence-electron chi connectivity index (χ3n) is 8.32. The number of sulfonamides is 1. The SMILES string of the molecule is Cc1ccc2c(N([C@@H]3CCCO3)S(C)(=O)=O)c(F)ccc2c1Oc1ncccc1-c1ccnc(NC2CCCN(C(=O)OC(C)(C)C)C2)n1. The molecule has 4 aromatic rings. The maximum atomic E-state index is 15.6. The van der Waals surface area contributed by atoms with Crippen LogP contribution >= 0.6 is 0 Å². The summed E-state index contributed by atoms with van der Waals surface area (Å²) in [6.45, 7) is 8.86. The van der Waals surface area contributed by atoms with E-state index in [1.54, 1.807) is 47.6 Å². The van der Waals surface area contributed by atoms with Gasteiger partial charge in [0.2, 0.25) is 21.9 Å². The number of carbonyl (C=O) groups excluding carboxylic acids is 1. The Kier molecular flexibility index (Phi) is 9.63. The van der Waals surface area contributed by atoms with Crippen molar-refractivity contribution in [2.45, 2.75) is 71.2 Å². The van der Waals surface area contributed by atoms with Gasteiger partial charge in [-0.2, -0.15) is 0 Å². The molecule has 49 heavy (non-hydrogen) atoms. The number of aryl methyl sites for hydroxylation is 1. The molecule has 6 rings (SSSR count). The number of nitrogens with one attached hydrogen (secondary N) is 1. The summed E-state index contributed by atoms with van der Waals surface area (Å²) in [5.74, 6) is 0.354. The van der Waals surface area contributed by atoms with Gasteiger partial charge in [-0.15, -0.1) is 0 Å². The average Bonchev–Trinajstić information content (AvgIpc) is 3.57. The molecule has 2 aromatic heterocycles. The fourth-order valence-corrected chi connectivity index (χ4v) is 7.30. The topological polar surface area (TPSA) is 136 Å². The number of hydrogen-bond donors (Lipinski definition) is 1. The fourth-order valence-electron chi connectivity index (χ4n) is 6.18. The summed E-state index contributed by atoms with van der Waals surface area (Å²) in [4.78, 5) is 28.1. The highest BCUT2D eigenvalue weighted by Crippen LogP contribution is 2.42. The van der Waals surface area contributed by atoms with E-state index >= 15 is 4.39 Å². The zero-order valence-corrected chi connectivity index (χ0v) is 29.1. The van der Waals surface area contributed by atoms with Crippen molar-refractivity contribution < 1.29 is 31.8 Å². The fraction of sp³-hybridized carbons (Fsp3) is 0.429. The van der Waals surface area contributed by atoms with Crippen LogP contribution in [0, 0.1) is 12.7 Å². The molecule has 2 fully saturated rings. The summed E-state index contributed by atoms with van der Waals surface area (Å²) < 4.78 is 60.4. The Labute approximate surface area is 285 Å². The quantitative estimate of drug-likeness (QED) is 0.214. The van der Waals surface area contributed by atoms with Gasteiger partial charge in [-0.3, -0.25) is 0 Å². The number of likely N-dealkylation sites (tertiary alicyclic amines) is 1. The Morgan fingerprint density at radius 1 is 1.06 bits per heavy atom. The van der Waals surface area contributed by atoms with Crippen molar-refractivity contribution in [2.24, 2.45) is 0 Å². The zero-order chi connectivity index (χ0) is 34.9. The molecular formula is C35H41FN6O6S. The summed E-state index contributed by atoms with van der Waals surface area (Å²) in [5, 5.41) is 4.24. The average molecular weight is 693 g/mol. The molecule has 1 N–H and O–H groups in total. The van der Waals surface area contributed by atoms with Crippen molar-refractivity contribution in [2.75, 3.05) is 35.6 Å². The number of ether oxygens (including phenoxy) is 3. The lowest BCUT2D eigenvalue weighted by atomic mass is 10.0. The van der Waals surface area contributed by atoms with Gasteiger partial charge >= 0.3 is 6.09 Å². The highest BCUT2D eigenvalue weighted by molar-refractivity contribution is 7.92. The molecule has 0 aliphatic carbocycles. The number of amides is 1. The first-order chi connectivity index (χ1) is 23.3. The highest BCUT2D eigenvalue weighted by Gasteiger charge is 2.34. The van der Waals surface area contributed by atoms with Crippen LogP contribution in [-0.2, 0) is 19.5 Å². The molecule has 1 amide bonds. The monoisotopic (exact) mass is 692 g/mol. The Bertz CT molecular complexity index is 1960. The number of hydrogen-bond acceptors (Lipinski definition) is 10. The smallest absolute Gasteiger partial charge is 0.410 e. The van der Waals surface area contributed by atoms with Gasteiger partial charge in [-0.05, 0) is 89.3 Å². The molecule has 0 spiro atoms. The number of halogens is 1. The zero-order valence-electron chi connectivity index (χ0n) is 28.3. The second-order valence-electron chi connectivity index (χ2n) is 13.4. The number of pyridine rings is 1. The summed E-state index contributed by atoms with van der Waals surface area (Å²) in [5.41, 5.74) is 1.20. The highest BCUT2D eigenvalue weighted by atomic mass is 32.2. The van der Waals surface area contributed by atoms with Crippen LogP contribution in [0.2, 0.25) is 0 Å². The van der Waals surface area contributed by atoms with Crippen molar-refractivity contribution in [3.05, 3.63) is 66.2 Å². The summed E-state index contributed by atoms with van der Waals surface area (Å²) in [6.07, 6.45) is 5.90. The molecule has 0 bridgehead atoms. The molecule has 2 aliphatic heterocycles. The number of fused-ring (bicyclic) bond motifs is 1. The molecule has 0 saturated carbocycles. The minimum Gasteiger partial charge on any atom is -0.444 e. The van der Waals surface area contributed by atoms with E-state index in [1.165, 1.54) is 6.07 Å². The molecule has 2 atom stereocenters. The third-order valence-corrected chi connectivity index (χ3v) is 9.46. The third kappa shape index (κ3) is 7.70. The standard InChI is InChI=1S/C35H41FN6O6S/c1-22-12-13-24-25(14-15-27(36)30(24)42(49(5,44)45)29-11-8-20-46-29)31(22)47-32-26(10-6-17-37-32)28-16-18-38-33(40-28)39-23-9-7-19-41(21-23)34(43)48-35(2,3)4/h6,10,12-18,23,29H,7-9,11,19-21H2,1-5H3,(H,38,39,40)/t23?,29-/m0/s1. The first-order valence-electron chi connectivity index (χ1n) is 16.3. The van der Waals surface area contributed by atoms with Crippen molar-refractivity contribution in [3.63, 3.8) is 0 Å². The number of rotatable bonds is 8. The second kappa shape index (κ2) is 13.7. The van der Waals surface area contributed by atoms with Crippen LogP contribution in [0.4, 0.5) is 20.8 Å². The number of anilines is 2. The van der Waals surface area contributed by atoms with Crippen LogP contribution in [0.5, 0.6) is 11.6 Å². The minimum absolute atomic E-state index is 0.0739. The molecule has 0 radical (unpaired) electrons. The second-order valence-corrected chi connectivity index (χ2v) is 15.2. The van der Waals surface area contributed by atoms with E-state index in [-0.39, 0.29) is 23.7 Å². The number of piperidine rings is 1.